The Bertz CT molecular complexity index is 548. The molecule has 0 N–H and O–H groups in total. The zero-order valence-corrected chi connectivity index (χ0v) is 18.7. The van der Waals surface area contributed by atoms with Gasteiger partial charge in [0.25, 0.3) is 0 Å². The number of likely N-dealkylation sites (tertiary alicyclic amines) is 1. The molecule has 2 amide bonds. The summed E-state index contributed by atoms with van der Waals surface area (Å²) in [7, 11) is 1.76. The molecule has 1 atom stereocenters. The lowest BCUT2D eigenvalue weighted by Gasteiger charge is -2.24. The van der Waals surface area contributed by atoms with Gasteiger partial charge in [-0.2, -0.15) is 0 Å². The predicted molar refractivity (Wildman–Crippen MR) is 108 cm³/mol. The first-order valence-electron chi connectivity index (χ1n) is 10.2. The zero-order chi connectivity index (χ0) is 21.5. The Morgan fingerprint density at radius 1 is 1.00 bits per heavy atom. The lowest BCUT2D eigenvalue weighted by atomic mass is 10.0. The fourth-order valence-electron chi connectivity index (χ4n) is 3.06. The second-order valence-electron chi connectivity index (χ2n) is 9.63. The number of ether oxygens (including phenoxy) is 2. The van der Waals surface area contributed by atoms with Gasteiger partial charge in [-0.25, -0.2) is 4.79 Å². The monoisotopic (exact) mass is 398 g/mol. The molecule has 1 aliphatic rings. The molecule has 0 unspecified atom stereocenters. The first-order chi connectivity index (χ1) is 12.8. The molecular weight excluding hydrogens is 360 g/mol. The fourth-order valence-corrected chi connectivity index (χ4v) is 3.06. The smallest absolute Gasteiger partial charge is 0.410 e. The highest BCUT2D eigenvalue weighted by molar-refractivity contribution is 5.76. The van der Waals surface area contributed by atoms with Gasteiger partial charge in [-0.15, -0.1) is 0 Å². The van der Waals surface area contributed by atoms with Crippen LogP contribution in [0.3, 0.4) is 0 Å². The molecule has 7 nitrogen and oxygen atoms in total. The van der Waals surface area contributed by atoms with E-state index in [0.717, 1.165) is 12.8 Å². The van der Waals surface area contributed by atoms with Gasteiger partial charge in [0.15, 0.2) is 0 Å². The normalized spacial score (nSPS) is 17.4. The maximum Gasteiger partial charge on any atom is 0.410 e. The average Bonchev–Trinajstić information content (AvgIpc) is 2.98. The molecule has 1 heterocycles. The number of amides is 2. The minimum atomic E-state index is -0.493. The Morgan fingerprint density at radius 3 is 2.18 bits per heavy atom. The Morgan fingerprint density at radius 2 is 1.61 bits per heavy atom. The number of esters is 1. The fraction of sp³-hybridized carbons (Fsp3) is 0.857. The first-order valence-corrected chi connectivity index (χ1v) is 10.2. The second kappa shape index (κ2) is 10.1. The van der Waals surface area contributed by atoms with Crippen molar-refractivity contribution >= 4 is 18.0 Å². The molecule has 28 heavy (non-hydrogen) atoms. The summed E-state index contributed by atoms with van der Waals surface area (Å²) in [5.41, 5.74) is -0.972. The second-order valence-corrected chi connectivity index (χ2v) is 9.63. The summed E-state index contributed by atoms with van der Waals surface area (Å²) in [6.45, 7) is 13.0. The SMILES string of the molecule is CN(CCCC(=O)OC(C)(C)C)C(=O)CC[C@@H]1CCN(C(=O)OC(C)(C)C)C1. The summed E-state index contributed by atoms with van der Waals surface area (Å²) in [6.07, 6.45) is 2.73. The number of carbonyl (C=O) groups is 3. The van der Waals surface area contributed by atoms with Crippen LogP contribution in [0.15, 0.2) is 0 Å². The summed E-state index contributed by atoms with van der Waals surface area (Å²) >= 11 is 0. The number of hydrogen-bond acceptors (Lipinski definition) is 5. The van der Waals surface area contributed by atoms with Crippen LogP contribution >= 0.6 is 0 Å². The van der Waals surface area contributed by atoms with E-state index >= 15 is 0 Å². The molecular formula is C21H38N2O5. The Labute approximate surface area is 169 Å². The van der Waals surface area contributed by atoms with E-state index in [2.05, 4.69) is 0 Å². The summed E-state index contributed by atoms with van der Waals surface area (Å²) in [4.78, 5) is 39.5. The molecule has 1 aliphatic heterocycles. The van der Waals surface area contributed by atoms with Crippen LogP contribution in [0.5, 0.6) is 0 Å². The number of hydrogen-bond donors (Lipinski definition) is 0. The molecule has 1 saturated heterocycles. The van der Waals surface area contributed by atoms with E-state index in [1.165, 1.54) is 0 Å². The number of rotatable bonds is 7. The van der Waals surface area contributed by atoms with Crippen molar-refractivity contribution in [1.82, 2.24) is 9.80 Å². The Balaban J connectivity index is 2.25. The molecule has 0 radical (unpaired) electrons. The predicted octanol–water partition coefficient (Wildman–Crippen LogP) is 3.60. The van der Waals surface area contributed by atoms with E-state index in [0.29, 0.717) is 44.8 Å². The van der Waals surface area contributed by atoms with Gasteiger partial charge in [-0.3, -0.25) is 9.59 Å². The quantitative estimate of drug-likeness (QED) is 0.613. The summed E-state index contributed by atoms with van der Waals surface area (Å²) in [6, 6.07) is 0. The van der Waals surface area contributed by atoms with Crippen molar-refractivity contribution in [2.24, 2.45) is 5.92 Å². The van der Waals surface area contributed by atoms with E-state index in [1.807, 2.05) is 41.5 Å². The average molecular weight is 399 g/mol. The maximum atomic E-state index is 12.3. The molecule has 0 spiro atoms. The van der Waals surface area contributed by atoms with E-state index in [4.69, 9.17) is 9.47 Å². The van der Waals surface area contributed by atoms with E-state index in [9.17, 15) is 14.4 Å². The van der Waals surface area contributed by atoms with Crippen LogP contribution in [0.4, 0.5) is 4.79 Å². The summed E-state index contributed by atoms with van der Waals surface area (Å²) < 4.78 is 10.7. The highest BCUT2D eigenvalue weighted by Gasteiger charge is 2.30. The molecule has 0 bridgehead atoms. The van der Waals surface area contributed by atoms with Crippen LogP contribution in [-0.4, -0.2) is 65.7 Å². The van der Waals surface area contributed by atoms with Crippen molar-refractivity contribution in [3.05, 3.63) is 0 Å². The molecule has 1 rings (SSSR count). The zero-order valence-electron chi connectivity index (χ0n) is 18.7. The van der Waals surface area contributed by atoms with Crippen LogP contribution < -0.4 is 0 Å². The van der Waals surface area contributed by atoms with Gasteiger partial charge in [-0.1, -0.05) is 0 Å². The summed E-state index contributed by atoms with van der Waals surface area (Å²) in [5.74, 6) is 0.160. The van der Waals surface area contributed by atoms with Crippen LogP contribution in [0.25, 0.3) is 0 Å². The minimum Gasteiger partial charge on any atom is -0.460 e. The molecule has 0 aromatic carbocycles. The van der Waals surface area contributed by atoms with Crippen molar-refractivity contribution in [3.8, 4) is 0 Å². The molecule has 0 aromatic rings. The Hall–Kier alpha value is -1.79. The minimum absolute atomic E-state index is 0.0694. The van der Waals surface area contributed by atoms with E-state index in [1.54, 1.807) is 16.8 Å². The molecule has 7 heteroatoms. The van der Waals surface area contributed by atoms with Gasteiger partial charge in [0, 0.05) is 39.5 Å². The van der Waals surface area contributed by atoms with Crippen molar-refractivity contribution in [2.45, 2.75) is 84.8 Å². The standard InChI is InChI=1S/C21H38N2O5/c1-20(2,3)27-18(25)9-8-13-22(7)17(24)11-10-16-12-14-23(15-16)19(26)28-21(4,5)6/h16H,8-15H2,1-7H3/t16-/m1/s1. The largest absolute Gasteiger partial charge is 0.460 e. The third-order valence-corrected chi connectivity index (χ3v) is 4.42. The first kappa shape index (κ1) is 24.2. The summed E-state index contributed by atoms with van der Waals surface area (Å²) in [5, 5.41) is 0. The van der Waals surface area contributed by atoms with Crippen molar-refractivity contribution in [2.75, 3.05) is 26.7 Å². The topological polar surface area (TPSA) is 76.2 Å². The lowest BCUT2D eigenvalue weighted by Crippen LogP contribution is -2.35. The third kappa shape index (κ3) is 9.95. The highest BCUT2D eigenvalue weighted by atomic mass is 16.6. The maximum absolute atomic E-state index is 12.3. The van der Waals surface area contributed by atoms with Gasteiger partial charge in [0.05, 0.1) is 0 Å². The van der Waals surface area contributed by atoms with Crippen molar-refractivity contribution in [3.63, 3.8) is 0 Å². The van der Waals surface area contributed by atoms with Crippen molar-refractivity contribution < 1.29 is 23.9 Å². The molecule has 0 aromatic heterocycles. The van der Waals surface area contributed by atoms with Gasteiger partial charge in [-0.05, 0) is 66.7 Å². The lowest BCUT2D eigenvalue weighted by molar-refractivity contribution is -0.155. The third-order valence-electron chi connectivity index (χ3n) is 4.42. The number of carbonyl (C=O) groups excluding carboxylic acids is 3. The van der Waals surface area contributed by atoms with Crippen molar-refractivity contribution in [1.29, 1.82) is 0 Å². The molecule has 0 aliphatic carbocycles. The van der Waals surface area contributed by atoms with Gasteiger partial charge < -0.3 is 19.3 Å². The van der Waals surface area contributed by atoms with Gasteiger partial charge in [0.2, 0.25) is 5.91 Å². The highest BCUT2D eigenvalue weighted by Crippen LogP contribution is 2.23. The van der Waals surface area contributed by atoms with E-state index in [-0.39, 0.29) is 18.0 Å². The number of nitrogens with zero attached hydrogens (tertiary/aromatic N) is 2. The van der Waals surface area contributed by atoms with Gasteiger partial charge >= 0.3 is 12.1 Å². The van der Waals surface area contributed by atoms with Crippen LogP contribution in [-0.2, 0) is 19.1 Å². The van der Waals surface area contributed by atoms with E-state index < -0.39 is 11.2 Å². The van der Waals surface area contributed by atoms with Crippen LogP contribution in [0, 0.1) is 5.92 Å². The van der Waals surface area contributed by atoms with Gasteiger partial charge in [0.1, 0.15) is 11.2 Å². The molecule has 162 valence electrons. The van der Waals surface area contributed by atoms with Crippen LogP contribution in [0.1, 0.15) is 73.6 Å². The molecule has 0 saturated carbocycles. The van der Waals surface area contributed by atoms with Crippen LogP contribution in [0.2, 0.25) is 0 Å². The molecule has 1 fully saturated rings. The Kier molecular flexibility index (Phi) is 8.76.